The van der Waals surface area contributed by atoms with Crippen molar-refractivity contribution >= 4 is 11.5 Å². The molecule has 0 radical (unpaired) electrons. The second-order valence-corrected chi connectivity index (χ2v) is 6.08. The number of nitrogens with zero attached hydrogens (tertiary/aromatic N) is 5. The highest BCUT2D eigenvalue weighted by molar-refractivity contribution is 5.59. The molecule has 23 heavy (non-hydrogen) atoms. The van der Waals surface area contributed by atoms with E-state index in [0.717, 1.165) is 32.7 Å². The maximum atomic E-state index is 11.3. The minimum atomic E-state index is -0.334. The molecule has 0 spiro atoms. The van der Waals surface area contributed by atoms with Crippen molar-refractivity contribution in [3.05, 3.63) is 15.8 Å². The van der Waals surface area contributed by atoms with E-state index in [0.29, 0.717) is 30.5 Å². The van der Waals surface area contributed by atoms with Gasteiger partial charge in [-0.2, -0.15) is 5.10 Å². The highest BCUT2D eigenvalue weighted by Crippen LogP contribution is 2.28. The molecule has 0 aliphatic carbocycles. The molecule has 1 aliphatic rings. The summed E-state index contributed by atoms with van der Waals surface area (Å²) in [5, 5.41) is 18.8. The number of likely N-dealkylation sites (N-methyl/N-ethyl adjacent to an activating group) is 1. The van der Waals surface area contributed by atoms with E-state index < -0.39 is 0 Å². The maximum Gasteiger partial charge on any atom is 0.333 e. The van der Waals surface area contributed by atoms with Gasteiger partial charge < -0.3 is 10.2 Å². The van der Waals surface area contributed by atoms with Crippen LogP contribution in [-0.2, 0) is 13.5 Å². The van der Waals surface area contributed by atoms with Crippen LogP contribution < -0.4 is 5.32 Å². The van der Waals surface area contributed by atoms with Gasteiger partial charge in [0.15, 0.2) is 0 Å². The van der Waals surface area contributed by atoms with Crippen LogP contribution in [0.15, 0.2) is 0 Å². The first-order valence-electron chi connectivity index (χ1n) is 8.38. The number of anilines is 1. The van der Waals surface area contributed by atoms with Crippen molar-refractivity contribution in [2.24, 2.45) is 7.05 Å². The Morgan fingerprint density at radius 1 is 1.30 bits per heavy atom. The largest absolute Gasteiger partial charge is 0.363 e. The summed E-state index contributed by atoms with van der Waals surface area (Å²) in [6.45, 7) is 12.3. The average Bonchev–Trinajstić information content (AvgIpc) is 2.88. The third-order valence-electron chi connectivity index (χ3n) is 4.65. The van der Waals surface area contributed by atoms with Gasteiger partial charge in [0.25, 0.3) is 0 Å². The Bertz CT molecular complexity index is 536. The third kappa shape index (κ3) is 4.00. The van der Waals surface area contributed by atoms with Crippen LogP contribution in [-0.4, -0.2) is 69.8 Å². The monoisotopic (exact) mass is 324 g/mol. The molecule has 8 nitrogen and oxygen atoms in total. The Hall–Kier alpha value is -1.67. The van der Waals surface area contributed by atoms with Gasteiger partial charge in [-0.15, -0.1) is 0 Å². The zero-order chi connectivity index (χ0) is 17.0. The minimum Gasteiger partial charge on any atom is -0.363 e. The van der Waals surface area contributed by atoms with Gasteiger partial charge in [-0.25, -0.2) is 4.68 Å². The lowest BCUT2D eigenvalue weighted by Gasteiger charge is -2.37. The Kier molecular flexibility index (Phi) is 5.95. The second-order valence-electron chi connectivity index (χ2n) is 6.08. The maximum absolute atomic E-state index is 11.3. The summed E-state index contributed by atoms with van der Waals surface area (Å²) in [6, 6.07) is 0.327. The van der Waals surface area contributed by atoms with Crippen LogP contribution in [0.4, 0.5) is 11.5 Å². The number of nitro groups is 1. The normalized spacial score (nSPS) is 18.1. The van der Waals surface area contributed by atoms with Crippen molar-refractivity contribution in [2.45, 2.75) is 33.2 Å². The van der Waals surface area contributed by atoms with E-state index in [4.69, 9.17) is 0 Å². The third-order valence-corrected chi connectivity index (χ3v) is 4.65. The predicted molar refractivity (Wildman–Crippen MR) is 90.9 cm³/mol. The fourth-order valence-electron chi connectivity index (χ4n) is 3.09. The lowest BCUT2D eigenvalue weighted by Crippen LogP contribution is -2.51. The van der Waals surface area contributed by atoms with Crippen molar-refractivity contribution < 1.29 is 4.92 Å². The number of rotatable bonds is 7. The van der Waals surface area contributed by atoms with Gasteiger partial charge in [0.05, 0.1) is 4.92 Å². The zero-order valence-electron chi connectivity index (χ0n) is 14.6. The summed E-state index contributed by atoms with van der Waals surface area (Å²) >= 11 is 0. The van der Waals surface area contributed by atoms with Crippen molar-refractivity contribution in [1.82, 2.24) is 19.6 Å². The van der Waals surface area contributed by atoms with Crippen LogP contribution in [0, 0.1) is 10.1 Å². The molecule has 1 aromatic heterocycles. The van der Waals surface area contributed by atoms with E-state index >= 15 is 0 Å². The minimum absolute atomic E-state index is 0.109. The van der Waals surface area contributed by atoms with Crippen molar-refractivity contribution in [1.29, 1.82) is 0 Å². The van der Waals surface area contributed by atoms with E-state index in [1.54, 1.807) is 11.7 Å². The lowest BCUT2D eigenvalue weighted by atomic mass is 10.2. The molecule has 1 aromatic rings. The molecule has 0 amide bonds. The first kappa shape index (κ1) is 17.7. The van der Waals surface area contributed by atoms with Crippen LogP contribution in [0.25, 0.3) is 0 Å². The molecule has 1 N–H and O–H groups in total. The van der Waals surface area contributed by atoms with Crippen molar-refractivity contribution in [3.8, 4) is 0 Å². The van der Waals surface area contributed by atoms with E-state index in [-0.39, 0.29) is 10.6 Å². The molecule has 8 heteroatoms. The highest BCUT2D eigenvalue weighted by atomic mass is 16.6. The van der Waals surface area contributed by atoms with Crippen LogP contribution in [0.1, 0.15) is 26.5 Å². The summed E-state index contributed by atoms with van der Waals surface area (Å²) in [5.74, 6) is 0.505. The van der Waals surface area contributed by atoms with Crippen molar-refractivity contribution in [3.63, 3.8) is 0 Å². The summed E-state index contributed by atoms with van der Waals surface area (Å²) in [6.07, 6.45) is 0.556. The van der Waals surface area contributed by atoms with Gasteiger partial charge in [-0.1, -0.05) is 13.8 Å². The number of hydrogen-bond donors (Lipinski definition) is 1. The molecule has 2 rings (SSSR count). The molecule has 130 valence electrons. The Morgan fingerprint density at radius 2 is 1.96 bits per heavy atom. The van der Waals surface area contributed by atoms with E-state index in [1.165, 1.54) is 0 Å². The first-order valence-corrected chi connectivity index (χ1v) is 8.38. The molecule has 1 unspecified atom stereocenters. The van der Waals surface area contributed by atoms with Gasteiger partial charge in [0.1, 0.15) is 5.69 Å². The first-order chi connectivity index (χ1) is 11.0. The van der Waals surface area contributed by atoms with Gasteiger partial charge in [0.2, 0.25) is 5.82 Å². The fourth-order valence-corrected chi connectivity index (χ4v) is 3.09. The number of hydrogen-bond acceptors (Lipinski definition) is 6. The number of aromatic nitrogens is 2. The fraction of sp³-hybridized carbons (Fsp3) is 0.800. The SMILES string of the molecule is CCc1nn(C)c(NCC(C)N2CCN(CC)CC2)c1[N+](=O)[O-]. The predicted octanol–water partition coefficient (Wildman–Crippen LogP) is 1.33. The molecular weight excluding hydrogens is 296 g/mol. The Labute approximate surface area is 137 Å². The van der Waals surface area contributed by atoms with Crippen molar-refractivity contribution in [2.75, 3.05) is 44.6 Å². The standard InChI is InChI=1S/C15H28N6O2/c1-5-13-14(21(22)23)15(18(4)17-13)16-11-12(3)20-9-7-19(6-2)8-10-20/h12,16H,5-11H2,1-4H3. The summed E-state index contributed by atoms with van der Waals surface area (Å²) in [5.41, 5.74) is 0.641. The van der Waals surface area contributed by atoms with Gasteiger partial charge in [0, 0.05) is 45.8 Å². The smallest absolute Gasteiger partial charge is 0.333 e. The van der Waals surface area contributed by atoms with E-state index in [9.17, 15) is 10.1 Å². The Morgan fingerprint density at radius 3 is 2.48 bits per heavy atom. The summed E-state index contributed by atoms with van der Waals surface area (Å²) in [7, 11) is 1.75. The van der Waals surface area contributed by atoms with E-state index in [1.807, 2.05) is 6.92 Å². The second kappa shape index (κ2) is 7.74. The van der Waals surface area contributed by atoms with Gasteiger partial charge >= 0.3 is 5.69 Å². The number of nitrogens with one attached hydrogen (secondary N) is 1. The average molecular weight is 324 g/mol. The number of piperazine rings is 1. The van der Waals surface area contributed by atoms with Crippen LogP contribution in [0.5, 0.6) is 0 Å². The topological polar surface area (TPSA) is 79.5 Å². The van der Waals surface area contributed by atoms with Gasteiger partial charge in [-0.3, -0.25) is 15.0 Å². The van der Waals surface area contributed by atoms with E-state index in [2.05, 4.69) is 34.1 Å². The molecule has 1 saturated heterocycles. The van der Waals surface area contributed by atoms with Gasteiger partial charge in [-0.05, 0) is 19.9 Å². The summed E-state index contributed by atoms with van der Waals surface area (Å²) in [4.78, 5) is 15.9. The van der Waals surface area contributed by atoms with Crippen LogP contribution in [0.3, 0.4) is 0 Å². The molecule has 1 fully saturated rings. The summed E-state index contributed by atoms with van der Waals surface area (Å²) < 4.78 is 1.58. The molecular formula is C15H28N6O2. The quantitative estimate of drug-likeness (QED) is 0.602. The Balaban J connectivity index is 1.98. The molecule has 0 bridgehead atoms. The molecule has 1 atom stereocenters. The molecule has 0 aromatic carbocycles. The highest BCUT2D eigenvalue weighted by Gasteiger charge is 2.26. The zero-order valence-corrected chi connectivity index (χ0v) is 14.6. The lowest BCUT2D eigenvalue weighted by molar-refractivity contribution is -0.384. The molecule has 0 saturated carbocycles. The van der Waals surface area contributed by atoms with Crippen LogP contribution in [0.2, 0.25) is 0 Å². The van der Waals surface area contributed by atoms with Crippen LogP contribution >= 0.6 is 0 Å². The number of aryl methyl sites for hydroxylation is 2. The molecule has 1 aliphatic heterocycles. The molecule has 2 heterocycles.